The van der Waals surface area contributed by atoms with Crippen molar-refractivity contribution in [3.05, 3.63) is 24.3 Å². The predicted octanol–water partition coefficient (Wildman–Crippen LogP) is 12.4. The zero-order valence-corrected chi connectivity index (χ0v) is 36.6. The van der Waals surface area contributed by atoms with Gasteiger partial charge in [-0.1, -0.05) is 147 Å². The van der Waals surface area contributed by atoms with Crippen molar-refractivity contribution in [2.24, 2.45) is 0 Å². The summed E-state index contributed by atoms with van der Waals surface area (Å²) in [6, 6.07) is 0. The van der Waals surface area contributed by atoms with Crippen molar-refractivity contribution in [2.45, 2.75) is 200 Å². The largest absolute Gasteiger partial charge is 0.472 e. The zero-order chi connectivity index (χ0) is 40.0. The maximum atomic E-state index is 12.7. The molecule has 0 bridgehead atoms. The van der Waals surface area contributed by atoms with E-state index in [2.05, 4.69) is 38.2 Å². The topological polar surface area (TPSA) is 108 Å². The highest BCUT2D eigenvalue weighted by atomic mass is 31.2. The summed E-state index contributed by atoms with van der Waals surface area (Å²) in [6.45, 7) is 4.38. The van der Waals surface area contributed by atoms with Gasteiger partial charge in [0, 0.05) is 12.8 Å². The molecule has 0 saturated heterocycles. The number of phosphoric acid groups is 1. The highest BCUT2D eigenvalue weighted by molar-refractivity contribution is 7.47. The summed E-state index contributed by atoms with van der Waals surface area (Å²) in [6.07, 6.45) is 39.3. The van der Waals surface area contributed by atoms with Crippen LogP contribution in [0.25, 0.3) is 0 Å². The first kappa shape index (κ1) is 52.5. The minimum absolute atomic E-state index is 0.0319. The van der Waals surface area contributed by atoms with Crippen LogP contribution in [-0.2, 0) is 32.7 Å². The van der Waals surface area contributed by atoms with Crippen molar-refractivity contribution >= 4 is 19.8 Å². The van der Waals surface area contributed by atoms with E-state index in [0.717, 1.165) is 38.5 Å². The van der Waals surface area contributed by atoms with E-state index in [-0.39, 0.29) is 32.0 Å². The van der Waals surface area contributed by atoms with E-state index in [1.165, 1.54) is 122 Å². The predicted molar refractivity (Wildman–Crippen MR) is 224 cm³/mol. The average Bonchev–Trinajstić information content (AvgIpc) is 3.12. The van der Waals surface area contributed by atoms with Gasteiger partial charge in [-0.3, -0.25) is 18.6 Å². The number of hydrogen-bond acceptors (Lipinski definition) is 7. The maximum absolute atomic E-state index is 12.7. The van der Waals surface area contributed by atoms with Crippen molar-refractivity contribution in [3.8, 4) is 0 Å². The van der Waals surface area contributed by atoms with Gasteiger partial charge >= 0.3 is 19.8 Å². The Kier molecular flexibility index (Phi) is 36.1. The lowest BCUT2D eigenvalue weighted by Gasteiger charge is -2.24. The molecule has 0 fully saturated rings. The van der Waals surface area contributed by atoms with E-state index < -0.39 is 26.5 Å². The summed E-state index contributed by atoms with van der Waals surface area (Å²) < 4.78 is 34.3. The van der Waals surface area contributed by atoms with Crippen molar-refractivity contribution < 1.29 is 42.1 Å². The number of likely N-dealkylation sites (N-methyl/N-ethyl adjacent to an activating group) is 1. The van der Waals surface area contributed by atoms with Crippen molar-refractivity contribution in [2.75, 3.05) is 47.5 Å². The standard InChI is InChI=1S/C44H84NO8P/c1-6-8-10-12-14-16-18-20-22-24-26-28-30-32-34-36-43(46)50-40-42(41-52-54(48,49)51-39-38-45(3,4)5)53-44(47)37-35-33-31-29-27-25-23-21-19-17-15-13-11-9-7-2/h13,15-16,18,42H,6-12,14,17,19-41H2,1-5H3/p+1/b15-13+,18-16+/t42-/m1/s1. The Labute approximate surface area is 332 Å². The number of esters is 2. The van der Waals surface area contributed by atoms with Crippen LogP contribution in [0.4, 0.5) is 0 Å². The summed E-state index contributed by atoms with van der Waals surface area (Å²) in [7, 11) is 1.48. The third kappa shape index (κ3) is 40.2. The molecule has 9 nitrogen and oxygen atoms in total. The molecule has 0 heterocycles. The minimum atomic E-state index is -4.37. The fraction of sp³-hybridized carbons (Fsp3) is 0.864. The average molecular weight is 787 g/mol. The molecule has 0 aromatic carbocycles. The normalized spacial score (nSPS) is 13.8. The SMILES string of the molecule is CCCC/C=C/CCCCCCCCCCCC(=O)O[C@H](COC(=O)CCCCCCCCC/C=C/CCCCCC)COP(=O)(O)OCC[N+](C)(C)C. The number of hydrogen-bond donors (Lipinski definition) is 1. The lowest BCUT2D eigenvalue weighted by atomic mass is 10.1. The van der Waals surface area contributed by atoms with Gasteiger partial charge in [-0.15, -0.1) is 0 Å². The summed E-state index contributed by atoms with van der Waals surface area (Å²) in [4.78, 5) is 35.3. The Morgan fingerprint density at radius 3 is 1.43 bits per heavy atom. The highest BCUT2D eigenvalue weighted by Gasteiger charge is 2.27. The van der Waals surface area contributed by atoms with Crippen LogP contribution in [0.3, 0.4) is 0 Å². The first-order chi connectivity index (χ1) is 26.0. The van der Waals surface area contributed by atoms with Crippen LogP contribution in [0, 0.1) is 0 Å². The van der Waals surface area contributed by atoms with Crippen molar-refractivity contribution in [1.82, 2.24) is 0 Å². The van der Waals surface area contributed by atoms with Crippen LogP contribution in [-0.4, -0.2) is 74.9 Å². The molecular weight excluding hydrogens is 701 g/mol. The van der Waals surface area contributed by atoms with E-state index in [4.69, 9.17) is 18.5 Å². The molecule has 1 unspecified atom stereocenters. The van der Waals surface area contributed by atoms with E-state index in [0.29, 0.717) is 17.4 Å². The zero-order valence-electron chi connectivity index (χ0n) is 35.7. The third-order valence-electron chi connectivity index (χ3n) is 9.45. The minimum Gasteiger partial charge on any atom is -0.462 e. The molecule has 0 amide bonds. The lowest BCUT2D eigenvalue weighted by Crippen LogP contribution is -2.37. The molecule has 0 aliphatic carbocycles. The molecule has 0 rings (SSSR count). The van der Waals surface area contributed by atoms with Gasteiger partial charge in [0.25, 0.3) is 0 Å². The quantitative estimate of drug-likeness (QED) is 0.0215. The second-order valence-electron chi connectivity index (χ2n) is 16.1. The molecule has 0 aromatic rings. The van der Waals surface area contributed by atoms with Crippen LogP contribution in [0.5, 0.6) is 0 Å². The molecule has 318 valence electrons. The number of carbonyl (C=O) groups excluding carboxylic acids is 2. The smallest absolute Gasteiger partial charge is 0.462 e. The van der Waals surface area contributed by atoms with Crippen LogP contribution >= 0.6 is 7.82 Å². The fourth-order valence-corrected chi connectivity index (χ4v) is 6.67. The molecule has 0 saturated carbocycles. The van der Waals surface area contributed by atoms with Crippen LogP contribution in [0.2, 0.25) is 0 Å². The molecule has 1 N–H and O–H groups in total. The molecule has 0 aliphatic rings. The number of unbranched alkanes of at least 4 members (excludes halogenated alkanes) is 22. The van der Waals surface area contributed by atoms with Gasteiger partial charge in [0.1, 0.15) is 19.8 Å². The van der Waals surface area contributed by atoms with Gasteiger partial charge in [-0.05, 0) is 57.8 Å². The summed E-state index contributed by atoms with van der Waals surface area (Å²) in [5, 5.41) is 0. The molecule has 0 aromatic heterocycles. The molecule has 0 radical (unpaired) electrons. The van der Waals surface area contributed by atoms with Crippen LogP contribution in [0.15, 0.2) is 24.3 Å². The van der Waals surface area contributed by atoms with E-state index >= 15 is 0 Å². The number of ether oxygens (including phenoxy) is 2. The molecule has 54 heavy (non-hydrogen) atoms. The van der Waals surface area contributed by atoms with E-state index in [1.54, 1.807) is 0 Å². The second-order valence-corrected chi connectivity index (χ2v) is 17.5. The van der Waals surface area contributed by atoms with E-state index in [1.807, 2.05) is 21.1 Å². The Hall–Kier alpha value is -1.51. The van der Waals surface area contributed by atoms with Gasteiger partial charge in [0.05, 0.1) is 27.7 Å². The van der Waals surface area contributed by atoms with Gasteiger partial charge < -0.3 is 18.9 Å². The van der Waals surface area contributed by atoms with Crippen LogP contribution in [0.1, 0.15) is 194 Å². The Bertz CT molecular complexity index is 980. The number of quaternary nitrogens is 1. The molecule has 0 aliphatic heterocycles. The Morgan fingerprint density at radius 2 is 0.963 bits per heavy atom. The second kappa shape index (κ2) is 37.1. The first-order valence-corrected chi connectivity index (χ1v) is 23.6. The van der Waals surface area contributed by atoms with Gasteiger partial charge in [-0.2, -0.15) is 0 Å². The molecular formula is C44H85NO8P+. The number of carbonyl (C=O) groups is 2. The number of phosphoric ester groups is 1. The van der Waals surface area contributed by atoms with Gasteiger partial charge in [-0.25, -0.2) is 4.57 Å². The number of rotatable bonds is 40. The Morgan fingerprint density at radius 1 is 0.556 bits per heavy atom. The number of allylic oxidation sites excluding steroid dienone is 4. The van der Waals surface area contributed by atoms with Gasteiger partial charge in [0.15, 0.2) is 6.10 Å². The first-order valence-electron chi connectivity index (χ1n) is 22.1. The Balaban J connectivity index is 4.35. The fourth-order valence-electron chi connectivity index (χ4n) is 5.93. The third-order valence-corrected chi connectivity index (χ3v) is 10.4. The summed E-state index contributed by atoms with van der Waals surface area (Å²) in [5.41, 5.74) is 0. The lowest BCUT2D eigenvalue weighted by molar-refractivity contribution is -0.870. The van der Waals surface area contributed by atoms with E-state index in [9.17, 15) is 19.0 Å². The molecule has 2 atom stereocenters. The maximum Gasteiger partial charge on any atom is 0.472 e. The van der Waals surface area contributed by atoms with Gasteiger partial charge in [0.2, 0.25) is 0 Å². The monoisotopic (exact) mass is 787 g/mol. The highest BCUT2D eigenvalue weighted by Crippen LogP contribution is 2.43. The number of nitrogens with zero attached hydrogens (tertiary/aromatic N) is 1. The summed E-state index contributed by atoms with van der Waals surface area (Å²) in [5.74, 6) is -0.802. The molecule has 10 heteroatoms. The van der Waals surface area contributed by atoms with Crippen molar-refractivity contribution in [3.63, 3.8) is 0 Å². The van der Waals surface area contributed by atoms with Crippen molar-refractivity contribution in [1.29, 1.82) is 0 Å². The van der Waals surface area contributed by atoms with Crippen LogP contribution < -0.4 is 0 Å². The summed E-state index contributed by atoms with van der Waals surface area (Å²) >= 11 is 0. The molecule has 0 spiro atoms.